The van der Waals surface area contributed by atoms with E-state index in [4.69, 9.17) is 10.5 Å². The second-order valence-electron chi connectivity index (χ2n) is 10.6. The molecule has 2 heterocycles. The summed E-state index contributed by atoms with van der Waals surface area (Å²) >= 11 is 3.40. The second-order valence-corrected chi connectivity index (χ2v) is 11.5. The Morgan fingerprint density at radius 3 is 2.53 bits per heavy atom. The minimum atomic E-state index is -1.09. The summed E-state index contributed by atoms with van der Waals surface area (Å²) in [5.41, 5.74) is 5.26. The van der Waals surface area contributed by atoms with Crippen LogP contribution in [0.2, 0.25) is 0 Å². The van der Waals surface area contributed by atoms with Gasteiger partial charge in [0.05, 0.1) is 5.41 Å². The minimum Gasteiger partial charge on any atom is -0.444 e. The number of likely N-dealkylation sites (N-methyl/N-ethyl adjacent to an activating group) is 1. The molecule has 0 aliphatic carbocycles. The number of benzene rings is 1. The monoisotopic (exact) mass is 536 g/mol. The fraction of sp³-hybridized carbons (Fsp3) is 0.583. The minimum absolute atomic E-state index is 0.00331. The van der Waals surface area contributed by atoms with Gasteiger partial charge in [-0.2, -0.15) is 0 Å². The third-order valence-corrected chi connectivity index (χ3v) is 6.77. The summed E-state index contributed by atoms with van der Waals surface area (Å²) in [6.45, 7) is 9.13. The number of carbonyl (C=O) groups excluding carboxylic acids is 4. The Balaban J connectivity index is 1.97. The number of halogens is 1. The molecule has 1 aromatic carbocycles. The van der Waals surface area contributed by atoms with E-state index in [9.17, 15) is 19.2 Å². The smallest absolute Gasteiger partial charge is 0.410 e. The molecule has 4 amide bonds. The highest BCUT2D eigenvalue weighted by atomic mass is 79.9. The number of nitrogens with two attached hydrogens (primary N) is 1. The van der Waals surface area contributed by atoms with Crippen molar-refractivity contribution >= 4 is 45.4 Å². The number of amides is 4. The lowest BCUT2D eigenvalue weighted by atomic mass is 9.79. The molecule has 3 atom stereocenters. The number of primary amides is 1. The number of carbonyl (C=O) groups is 4. The van der Waals surface area contributed by atoms with Crippen molar-refractivity contribution in [3.05, 3.63) is 28.2 Å². The number of rotatable bonds is 5. The molecular formula is C24H33BrN4O5. The zero-order valence-corrected chi connectivity index (χ0v) is 22.1. The Kier molecular flexibility index (Phi) is 7.04. The summed E-state index contributed by atoms with van der Waals surface area (Å²) in [5, 5.41) is 2.87. The van der Waals surface area contributed by atoms with Crippen LogP contribution >= 0.6 is 15.9 Å². The topological polar surface area (TPSA) is 122 Å². The molecule has 0 radical (unpaired) electrons. The molecule has 3 rings (SSSR count). The van der Waals surface area contributed by atoms with Gasteiger partial charge in [-0.05, 0) is 57.2 Å². The van der Waals surface area contributed by atoms with Gasteiger partial charge in [-0.1, -0.05) is 35.8 Å². The van der Waals surface area contributed by atoms with Crippen LogP contribution in [0, 0.1) is 5.92 Å². The fourth-order valence-corrected chi connectivity index (χ4v) is 5.04. The van der Waals surface area contributed by atoms with Gasteiger partial charge < -0.3 is 20.7 Å². The molecule has 1 aromatic rings. The van der Waals surface area contributed by atoms with Crippen LogP contribution in [0.1, 0.15) is 53.0 Å². The maximum absolute atomic E-state index is 13.8. The van der Waals surface area contributed by atoms with Crippen LogP contribution in [0.4, 0.5) is 10.5 Å². The third-order valence-electron chi connectivity index (χ3n) is 6.28. The van der Waals surface area contributed by atoms with E-state index in [1.807, 2.05) is 26.0 Å². The summed E-state index contributed by atoms with van der Waals surface area (Å²) in [6.07, 6.45) is -0.192. The lowest BCUT2D eigenvalue weighted by Gasteiger charge is -2.34. The molecule has 9 nitrogen and oxygen atoms in total. The zero-order chi connectivity index (χ0) is 25.6. The molecule has 0 unspecified atom stereocenters. The standard InChI is InChI=1S/C24H33BrN4O5/c1-13(2)9-17(28(6)22(33)34-23(3,4)5)20(31)29-12-24(11-18(29)19(26)30)15-8-7-14(25)10-16(15)27-21(24)32/h7-8,10,13,17-18H,9,11-12H2,1-6H3,(H2,26,30)(H,27,32)/t17-,18-,24-/m0/s1. The van der Waals surface area contributed by atoms with Crippen LogP contribution in [0.5, 0.6) is 0 Å². The maximum Gasteiger partial charge on any atom is 0.410 e. The Morgan fingerprint density at radius 2 is 1.97 bits per heavy atom. The number of likely N-dealkylation sites (tertiary alicyclic amines) is 1. The lowest BCUT2D eigenvalue weighted by Crippen LogP contribution is -2.54. The van der Waals surface area contributed by atoms with Gasteiger partial charge in [0.25, 0.3) is 0 Å². The lowest BCUT2D eigenvalue weighted by molar-refractivity contribution is -0.142. The van der Waals surface area contributed by atoms with Crippen molar-refractivity contribution in [1.29, 1.82) is 0 Å². The van der Waals surface area contributed by atoms with Gasteiger partial charge in [0, 0.05) is 23.8 Å². The van der Waals surface area contributed by atoms with E-state index < -0.39 is 41.0 Å². The van der Waals surface area contributed by atoms with Crippen molar-refractivity contribution in [3.63, 3.8) is 0 Å². The predicted molar refractivity (Wildman–Crippen MR) is 131 cm³/mol. The van der Waals surface area contributed by atoms with Crippen molar-refractivity contribution in [2.24, 2.45) is 11.7 Å². The first-order valence-corrected chi connectivity index (χ1v) is 12.1. The van der Waals surface area contributed by atoms with Gasteiger partial charge in [0.15, 0.2) is 0 Å². The predicted octanol–water partition coefficient (Wildman–Crippen LogP) is 3.01. The molecule has 10 heteroatoms. The molecule has 0 saturated carbocycles. The summed E-state index contributed by atoms with van der Waals surface area (Å²) in [6, 6.07) is 3.59. The highest BCUT2D eigenvalue weighted by Gasteiger charge is 2.58. The fourth-order valence-electron chi connectivity index (χ4n) is 4.68. The highest BCUT2D eigenvalue weighted by molar-refractivity contribution is 9.10. The molecular weight excluding hydrogens is 504 g/mol. The van der Waals surface area contributed by atoms with Crippen molar-refractivity contribution < 1.29 is 23.9 Å². The highest BCUT2D eigenvalue weighted by Crippen LogP contribution is 2.47. The summed E-state index contributed by atoms with van der Waals surface area (Å²) in [7, 11) is 1.51. The quantitative estimate of drug-likeness (QED) is 0.598. The Labute approximate surface area is 208 Å². The largest absolute Gasteiger partial charge is 0.444 e. The van der Waals surface area contributed by atoms with Crippen LogP contribution < -0.4 is 11.1 Å². The van der Waals surface area contributed by atoms with Crippen LogP contribution in [0.3, 0.4) is 0 Å². The van der Waals surface area contributed by atoms with Crippen molar-refractivity contribution in [3.8, 4) is 0 Å². The van der Waals surface area contributed by atoms with Crippen LogP contribution in [0.25, 0.3) is 0 Å². The number of nitrogens with one attached hydrogen (secondary N) is 1. The number of hydrogen-bond acceptors (Lipinski definition) is 5. The van der Waals surface area contributed by atoms with Gasteiger partial charge in [-0.25, -0.2) is 4.79 Å². The average molecular weight is 537 g/mol. The van der Waals surface area contributed by atoms with Crippen LogP contribution in [0.15, 0.2) is 22.7 Å². The first kappa shape index (κ1) is 26.0. The number of anilines is 1. The maximum atomic E-state index is 13.8. The van der Waals surface area contributed by atoms with E-state index >= 15 is 0 Å². The van der Waals surface area contributed by atoms with E-state index in [1.165, 1.54) is 16.8 Å². The SMILES string of the molecule is CC(C)C[C@@H](C(=O)N1C[C@]2(C[C@H]1C(N)=O)C(=O)Nc1cc(Br)ccc12)N(C)C(=O)OC(C)(C)C. The molecule has 1 saturated heterocycles. The molecule has 186 valence electrons. The van der Waals surface area contributed by atoms with E-state index in [0.29, 0.717) is 12.1 Å². The molecule has 1 spiro atoms. The second kappa shape index (κ2) is 9.20. The molecule has 0 aromatic heterocycles. The Hall–Kier alpha value is -2.62. The number of ether oxygens (including phenoxy) is 1. The normalized spacial score (nSPS) is 22.5. The van der Waals surface area contributed by atoms with Crippen LogP contribution in [-0.2, 0) is 24.5 Å². The van der Waals surface area contributed by atoms with Crippen molar-refractivity contribution in [2.75, 3.05) is 18.9 Å². The van der Waals surface area contributed by atoms with E-state index in [0.717, 1.165) is 10.0 Å². The van der Waals surface area contributed by atoms with E-state index in [-0.39, 0.29) is 24.8 Å². The van der Waals surface area contributed by atoms with Gasteiger partial charge >= 0.3 is 6.09 Å². The van der Waals surface area contributed by atoms with Crippen molar-refractivity contribution in [1.82, 2.24) is 9.80 Å². The first-order chi connectivity index (χ1) is 15.7. The molecule has 1 fully saturated rings. The number of nitrogens with zero attached hydrogens (tertiary/aromatic N) is 2. The average Bonchev–Trinajstić information content (AvgIpc) is 3.23. The molecule has 0 bridgehead atoms. The summed E-state index contributed by atoms with van der Waals surface area (Å²) < 4.78 is 6.28. The Bertz CT molecular complexity index is 1020. The van der Waals surface area contributed by atoms with Gasteiger partial charge in [-0.15, -0.1) is 0 Å². The van der Waals surface area contributed by atoms with E-state index in [2.05, 4.69) is 21.2 Å². The number of fused-ring (bicyclic) bond motifs is 2. The molecule has 2 aliphatic heterocycles. The van der Waals surface area contributed by atoms with E-state index in [1.54, 1.807) is 26.8 Å². The molecule has 2 aliphatic rings. The summed E-state index contributed by atoms with van der Waals surface area (Å²) in [5.74, 6) is -1.31. The van der Waals surface area contributed by atoms with Crippen LogP contribution in [-0.4, -0.2) is 64.9 Å². The van der Waals surface area contributed by atoms with Gasteiger partial charge in [-0.3, -0.25) is 19.3 Å². The first-order valence-electron chi connectivity index (χ1n) is 11.3. The third kappa shape index (κ3) is 4.92. The van der Waals surface area contributed by atoms with Gasteiger partial charge in [0.2, 0.25) is 17.7 Å². The zero-order valence-electron chi connectivity index (χ0n) is 20.5. The summed E-state index contributed by atoms with van der Waals surface area (Å²) in [4.78, 5) is 54.9. The Morgan fingerprint density at radius 1 is 1.32 bits per heavy atom. The van der Waals surface area contributed by atoms with Gasteiger partial charge in [0.1, 0.15) is 17.7 Å². The molecule has 34 heavy (non-hydrogen) atoms. The number of hydrogen-bond donors (Lipinski definition) is 2. The molecule has 3 N–H and O–H groups in total. The van der Waals surface area contributed by atoms with Crippen molar-refractivity contribution in [2.45, 2.75) is 70.6 Å².